The topological polar surface area (TPSA) is 24.1 Å². The summed E-state index contributed by atoms with van der Waals surface area (Å²) in [5.41, 5.74) is 3.06. The minimum Gasteiger partial charge on any atom is -0.356 e. The molecule has 0 spiro atoms. The fraction of sp³-hybridized carbons (Fsp3) is 0.786. The molecule has 0 radical (unpaired) electrons. The van der Waals surface area contributed by atoms with E-state index in [4.69, 9.17) is 12.2 Å². The van der Waals surface area contributed by atoms with Gasteiger partial charge >= 0.3 is 0 Å². The van der Waals surface area contributed by atoms with Gasteiger partial charge in [-0.3, -0.25) is 0 Å². The highest BCUT2D eigenvalue weighted by atomic mass is 32.1. The van der Waals surface area contributed by atoms with Crippen LogP contribution in [0, 0.1) is 0 Å². The zero-order valence-corrected chi connectivity index (χ0v) is 11.7. The van der Waals surface area contributed by atoms with E-state index in [9.17, 15) is 0 Å². The van der Waals surface area contributed by atoms with Crippen LogP contribution in [0.5, 0.6) is 0 Å². The highest BCUT2D eigenvalue weighted by Gasteiger charge is 2.24. The van der Waals surface area contributed by atoms with E-state index in [0.717, 1.165) is 5.11 Å². The van der Waals surface area contributed by atoms with Gasteiger partial charge in [0, 0.05) is 5.70 Å². The second-order valence-electron chi connectivity index (χ2n) is 5.21. The van der Waals surface area contributed by atoms with Crippen LogP contribution in [0.15, 0.2) is 11.3 Å². The number of allylic oxidation sites excluding steroid dienone is 1. The van der Waals surface area contributed by atoms with E-state index in [-0.39, 0.29) is 0 Å². The van der Waals surface area contributed by atoms with Gasteiger partial charge in [0.15, 0.2) is 5.11 Å². The molecule has 2 N–H and O–H groups in total. The number of hydrogen-bond donors (Lipinski definition) is 2. The van der Waals surface area contributed by atoms with Crippen LogP contribution in [0.4, 0.5) is 0 Å². The minimum atomic E-state index is 0.511. The first-order chi connectivity index (χ1) is 8.31. The largest absolute Gasteiger partial charge is 0.356 e. The third-order valence-electron chi connectivity index (χ3n) is 3.85. The van der Waals surface area contributed by atoms with Crippen molar-refractivity contribution in [1.82, 2.24) is 10.6 Å². The van der Waals surface area contributed by atoms with Crippen LogP contribution >= 0.6 is 12.2 Å². The van der Waals surface area contributed by atoms with E-state index in [1.54, 1.807) is 5.57 Å². The Morgan fingerprint density at radius 2 is 1.94 bits per heavy atom. The Hall–Kier alpha value is -0.570. The molecule has 1 aliphatic heterocycles. The Morgan fingerprint density at radius 1 is 1.18 bits per heavy atom. The zero-order chi connectivity index (χ0) is 12.1. The van der Waals surface area contributed by atoms with Gasteiger partial charge in [-0.1, -0.05) is 32.6 Å². The van der Waals surface area contributed by atoms with E-state index in [1.165, 1.54) is 63.5 Å². The molecule has 0 amide bonds. The Kier molecular flexibility index (Phi) is 4.84. The summed E-state index contributed by atoms with van der Waals surface area (Å²) in [4.78, 5) is 0. The molecule has 0 aromatic carbocycles. The normalized spacial score (nSPS) is 25.5. The number of rotatable bonds is 3. The fourth-order valence-electron chi connectivity index (χ4n) is 2.88. The predicted molar refractivity (Wildman–Crippen MR) is 76.9 cm³/mol. The van der Waals surface area contributed by atoms with Gasteiger partial charge in [0.25, 0.3) is 0 Å². The SMILES string of the molecule is CCCCC1NC(=S)NC2=C1CCCCCC2. The molecule has 0 aromatic heterocycles. The van der Waals surface area contributed by atoms with E-state index < -0.39 is 0 Å². The summed E-state index contributed by atoms with van der Waals surface area (Å²) in [5, 5.41) is 7.69. The van der Waals surface area contributed by atoms with Gasteiger partial charge in [0.05, 0.1) is 6.04 Å². The molecule has 96 valence electrons. The molecule has 1 aliphatic carbocycles. The molecule has 2 aliphatic rings. The first kappa shape index (κ1) is 12.9. The third kappa shape index (κ3) is 3.44. The zero-order valence-electron chi connectivity index (χ0n) is 10.8. The van der Waals surface area contributed by atoms with Crippen LogP contribution in [-0.4, -0.2) is 11.2 Å². The lowest BCUT2D eigenvalue weighted by Crippen LogP contribution is -2.48. The van der Waals surface area contributed by atoms with E-state index in [1.807, 2.05) is 0 Å². The van der Waals surface area contributed by atoms with E-state index >= 15 is 0 Å². The van der Waals surface area contributed by atoms with Crippen molar-refractivity contribution in [3.63, 3.8) is 0 Å². The lowest BCUT2D eigenvalue weighted by Gasteiger charge is -2.33. The van der Waals surface area contributed by atoms with Crippen molar-refractivity contribution in [2.45, 2.75) is 70.8 Å². The van der Waals surface area contributed by atoms with Gasteiger partial charge in [-0.2, -0.15) is 0 Å². The summed E-state index contributed by atoms with van der Waals surface area (Å²) >= 11 is 5.32. The average molecular weight is 252 g/mol. The summed E-state index contributed by atoms with van der Waals surface area (Å²) in [7, 11) is 0. The van der Waals surface area contributed by atoms with Crippen LogP contribution in [0.1, 0.15) is 64.7 Å². The predicted octanol–water partition coefficient (Wildman–Crippen LogP) is 3.63. The number of nitrogens with one attached hydrogen (secondary N) is 2. The van der Waals surface area contributed by atoms with Gasteiger partial charge < -0.3 is 10.6 Å². The molecule has 1 unspecified atom stereocenters. The third-order valence-corrected chi connectivity index (χ3v) is 4.07. The molecule has 0 aromatic rings. The maximum atomic E-state index is 5.32. The molecular formula is C14H24N2S. The van der Waals surface area contributed by atoms with Gasteiger partial charge in [-0.25, -0.2) is 0 Å². The van der Waals surface area contributed by atoms with Crippen molar-refractivity contribution in [2.24, 2.45) is 0 Å². The highest BCUT2D eigenvalue weighted by Crippen LogP contribution is 2.28. The minimum absolute atomic E-state index is 0.511. The maximum absolute atomic E-state index is 5.32. The Bertz CT molecular complexity index is 309. The van der Waals surface area contributed by atoms with Crippen molar-refractivity contribution in [1.29, 1.82) is 0 Å². The Labute approximate surface area is 110 Å². The molecule has 2 rings (SSSR count). The van der Waals surface area contributed by atoms with Crippen molar-refractivity contribution in [3.8, 4) is 0 Å². The van der Waals surface area contributed by atoms with Crippen molar-refractivity contribution >= 4 is 17.3 Å². The van der Waals surface area contributed by atoms with Crippen LogP contribution < -0.4 is 10.6 Å². The average Bonchev–Trinajstić information content (AvgIpc) is 2.28. The van der Waals surface area contributed by atoms with Crippen molar-refractivity contribution < 1.29 is 0 Å². The highest BCUT2D eigenvalue weighted by molar-refractivity contribution is 7.80. The molecule has 3 heteroatoms. The maximum Gasteiger partial charge on any atom is 0.171 e. The summed E-state index contributed by atoms with van der Waals surface area (Å²) in [5.74, 6) is 0. The second kappa shape index (κ2) is 6.39. The number of thiocarbonyl (C=S) groups is 1. The standard InChI is InChI=1S/C14H24N2S/c1-2-3-9-12-11-8-6-4-5-7-10-13(11)16-14(17)15-12/h12H,2-10H2,1H3,(H2,15,16,17). The van der Waals surface area contributed by atoms with Gasteiger partial charge in [0.1, 0.15) is 0 Å². The molecule has 0 fully saturated rings. The smallest absolute Gasteiger partial charge is 0.171 e. The summed E-state index contributed by atoms with van der Waals surface area (Å²) in [6, 6.07) is 0.511. The first-order valence-electron chi connectivity index (χ1n) is 7.10. The molecule has 1 heterocycles. The van der Waals surface area contributed by atoms with E-state index in [0.29, 0.717) is 6.04 Å². The van der Waals surface area contributed by atoms with Crippen molar-refractivity contribution in [3.05, 3.63) is 11.3 Å². The van der Waals surface area contributed by atoms with Crippen molar-refractivity contribution in [2.75, 3.05) is 0 Å². The fourth-order valence-corrected chi connectivity index (χ4v) is 3.15. The molecule has 0 saturated carbocycles. The van der Waals surface area contributed by atoms with E-state index in [2.05, 4.69) is 17.6 Å². The molecule has 2 nitrogen and oxygen atoms in total. The quantitative estimate of drug-likeness (QED) is 0.750. The van der Waals surface area contributed by atoms with Crippen LogP contribution in [-0.2, 0) is 0 Å². The Balaban J connectivity index is 2.12. The number of hydrogen-bond acceptors (Lipinski definition) is 1. The van der Waals surface area contributed by atoms with Gasteiger partial charge in [-0.15, -0.1) is 0 Å². The van der Waals surface area contributed by atoms with Crippen LogP contribution in [0.2, 0.25) is 0 Å². The second-order valence-corrected chi connectivity index (χ2v) is 5.62. The van der Waals surface area contributed by atoms with Crippen LogP contribution in [0.3, 0.4) is 0 Å². The monoisotopic (exact) mass is 252 g/mol. The van der Waals surface area contributed by atoms with Gasteiger partial charge in [-0.05, 0) is 49.9 Å². The van der Waals surface area contributed by atoms with Crippen LogP contribution in [0.25, 0.3) is 0 Å². The van der Waals surface area contributed by atoms with Gasteiger partial charge in [0.2, 0.25) is 0 Å². The lowest BCUT2D eigenvalue weighted by molar-refractivity contribution is 0.508. The number of unbranched alkanes of at least 4 members (excludes halogenated alkanes) is 1. The Morgan fingerprint density at radius 3 is 2.71 bits per heavy atom. The molecule has 0 bridgehead atoms. The molecule has 17 heavy (non-hydrogen) atoms. The lowest BCUT2D eigenvalue weighted by atomic mass is 9.89. The molecular weight excluding hydrogens is 228 g/mol. The summed E-state index contributed by atoms with van der Waals surface area (Å²) < 4.78 is 0. The first-order valence-corrected chi connectivity index (χ1v) is 7.51. The summed E-state index contributed by atoms with van der Waals surface area (Å²) in [6.07, 6.45) is 11.7. The summed E-state index contributed by atoms with van der Waals surface area (Å²) in [6.45, 7) is 2.26. The molecule has 0 saturated heterocycles. The molecule has 1 atom stereocenters.